The summed E-state index contributed by atoms with van der Waals surface area (Å²) in [5.41, 5.74) is 0.283. The minimum Gasteiger partial charge on any atom is -0.497 e. The molecule has 0 aliphatic carbocycles. The van der Waals surface area contributed by atoms with Gasteiger partial charge in [0.1, 0.15) is 11.6 Å². The Labute approximate surface area is 64.2 Å². The Bertz CT molecular complexity index is 248. The van der Waals surface area contributed by atoms with Crippen LogP contribution in [0.15, 0.2) is 18.2 Å². The lowest BCUT2D eigenvalue weighted by atomic mass is 10.2. The summed E-state index contributed by atoms with van der Waals surface area (Å²) < 4.78 is 17.6. The van der Waals surface area contributed by atoms with Crippen LogP contribution in [-0.4, -0.2) is 12.2 Å². The minimum atomic E-state index is -0.438. The van der Waals surface area contributed by atoms with Crippen molar-refractivity contribution in [3.63, 3.8) is 0 Å². The molecule has 0 saturated carbocycles. The molecule has 0 atom stereocenters. The molecule has 11 heavy (non-hydrogen) atoms. The van der Waals surface area contributed by atoms with Crippen LogP contribution in [0.2, 0.25) is 0 Å². The lowest BCUT2D eigenvalue weighted by molar-refractivity contribution is 0.275. The first-order valence-corrected chi connectivity index (χ1v) is 3.21. The third-order valence-electron chi connectivity index (χ3n) is 1.43. The molecule has 1 rings (SSSR count). The number of halogens is 1. The van der Waals surface area contributed by atoms with Crippen LogP contribution in [0, 0.1) is 5.82 Å². The number of methoxy groups -OCH3 is 1. The molecule has 2 nitrogen and oxygen atoms in total. The maximum absolute atomic E-state index is 12.8. The van der Waals surface area contributed by atoms with Crippen LogP contribution in [0.1, 0.15) is 5.56 Å². The molecule has 0 bridgehead atoms. The molecular formula is C8H9FO2. The molecule has 0 unspecified atom stereocenters. The Hall–Kier alpha value is -1.09. The monoisotopic (exact) mass is 156 g/mol. The van der Waals surface area contributed by atoms with Gasteiger partial charge < -0.3 is 9.84 Å². The molecule has 0 spiro atoms. The fraction of sp³-hybridized carbons (Fsp3) is 0.250. The molecule has 0 amide bonds. The van der Waals surface area contributed by atoms with Crippen molar-refractivity contribution < 1.29 is 14.2 Å². The van der Waals surface area contributed by atoms with Crippen LogP contribution >= 0.6 is 0 Å². The summed E-state index contributed by atoms with van der Waals surface area (Å²) in [6, 6.07) is 4.34. The SMILES string of the molecule is COc1ccc(CO)c(F)c1. The van der Waals surface area contributed by atoms with Gasteiger partial charge in [-0.25, -0.2) is 4.39 Å². The molecule has 60 valence electrons. The van der Waals surface area contributed by atoms with Crippen LogP contribution < -0.4 is 4.74 Å². The number of benzene rings is 1. The predicted molar refractivity (Wildman–Crippen MR) is 38.9 cm³/mol. The fourth-order valence-electron chi connectivity index (χ4n) is 0.783. The van der Waals surface area contributed by atoms with E-state index in [2.05, 4.69) is 0 Å². The zero-order chi connectivity index (χ0) is 8.27. The summed E-state index contributed by atoms with van der Waals surface area (Å²) in [4.78, 5) is 0. The lowest BCUT2D eigenvalue weighted by Crippen LogP contribution is -1.90. The molecular weight excluding hydrogens is 147 g/mol. The number of hydrogen-bond donors (Lipinski definition) is 1. The van der Waals surface area contributed by atoms with Gasteiger partial charge in [-0.15, -0.1) is 0 Å². The van der Waals surface area contributed by atoms with E-state index in [0.717, 1.165) is 0 Å². The largest absolute Gasteiger partial charge is 0.497 e. The first-order chi connectivity index (χ1) is 5.27. The van der Waals surface area contributed by atoms with Gasteiger partial charge >= 0.3 is 0 Å². The predicted octanol–water partition coefficient (Wildman–Crippen LogP) is 1.33. The van der Waals surface area contributed by atoms with E-state index < -0.39 is 5.82 Å². The van der Waals surface area contributed by atoms with Gasteiger partial charge in [0.15, 0.2) is 0 Å². The number of ether oxygens (including phenoxy) is 1. The third-order valence-corrected chi connectivity index (χ3v) is 1.43. The van der Waals surface area contributed by atoms with E-state index in [9.17, 15) is 4.39 Å². The molecule has 1 aromatic rings. The Morgan fingerprint density at radius 3 is 2.73 bits per heavy atom. The molecule has 0 aromatic heterocycles. The normalized spacial score (nSPS) is 9.73. The van der Waals surface area contributed by atoms with Crippen LogP contribution in [0.5, 0.6) is 5.75 Å². The molecule has 0 saturated heterocycles. The molecule has 1 aromatic carbocycles. The van der Waals surface area contributed by atoms with E-state index >= 15 is 0 Å². The van der Waals surface area contributed by atoms with Gasteiger partial charge in [-0.1, -0.05) is 6.07 Å². The molecule has 3 heteroatoms. The minimum absolute atomic E-state index is 0.282. The van der Waals surface area contributed by atoms with Gasteiger partial charge in [-0.3, -0.25) is 0 Å². The second kappa shape index (κ2) is 3.34. The standard InChI is InChI=1S/C8H9FO2/c1-11-7-3-2-6(5-10)8(9)4-7/h2-4,10H,5H2,1H3. The number of hydrogen-bond acceptors (Lipinski definition) is 2. The topological polar surface area (TPSA) is 29.5 Å². The van der Waals surface area contributed by atoms with Crippen molar-refractivity contribution in [3.8, 4) is 5.75 Å². The Balaban J connectivity index is 2.99. The second-order valence-electron chi connectivity index (χ2n) is 2.12. The summed E-state index contributed by atoms with van der Waals surface area (Å²) in [6.45, 7) is -0.282. The van der Waals surface area contributed by atoms with Crippen LogP contribution in [0.3, 0.4) is 0 Å². The molecule has 1 N–H and O–H groups in total. The van der Waals surface area contributed by atoms with E-state index in [4.69, 9.17) is 9.84 Å². The van der Waals surface area contributed by atoms with Crippen molar-refractivity contribution in [3.05, 3.63) is 29.6 Å². The molecule has 0 fully saturated rings. The summed E-state index contributed by atoms with van der Waals surface area (Å²) in [5, 5.41) is 8.60. The highest BCUT2D eigenvalue weighted by Crippen LogP contribution is 2.15. The summed E-state index contributed by atoms with van der Waals surface area (Å²) in [6.07, 6.45) is 0. The number of rotatable bonds is 2. The Kier molecular flexibility index (Phi) is 2.44. The molecule has 0 heterocycles. The quantitative estimate of drug-likeness (QED) is 0.699. The zero-order valence-electron chi connectivity index (χ0n) is 6.17. The van der Waals surface area contributed by atoms with Crippen molar-refractivity contribution in [2.45, 2.75) is 6.61 Å². The highest BCUT2D eigenvalue weighted by atomic mass is 19.1. The first-order valence-electron chi connectivity index (χ1n) is 3.21. The highest BCUT2D eigenvalue weighted by molar-refractivity contribution is 5.28. The Morgan fingerprint density at radius 2 is 2.27 bits per heavy atom. The van der Waals surface area contributed by atoms with E-state index in [0.29, 0.717) is 5.75 Å². The van der Waals surface area contributed by atoms with Gasteiger partial charge in [-0.2, -0.15) is 0 Å². The van der Waals surface area contributed by atoms with Gasteiger partial charge in [0.2, 0.25) is 0 Å². The number of aliphatic hydroxyl groups excluding tert-OH is 1. The third kappa shape index (κ3) is 1.68. The lowest BCUT2D eigenvalue weighted by Gasteiger charge is -2.01. The van der Waals surface area contributed by atoms with Crippen LogP contribution in [0.4, 0.5) is 4.39 Å². The molecule has 0 aliphatic rings. The fourth-order valence-corrected chi connectivity index (χ4v) is 0.783. The zero-order valence-corrected chi connectivity index (χ0v) is 6.17. The van der Waals surface area contributed by atoms with Crippen molar-refractivity contribution in [1.29, 1.82) is 0 Å². The van der Waals surface area contributed by atoms with Crippen molar-refractivity contribution >= 4 is 0 Å². The maximum Gasteiger partial charge on any atom is 0.132 e. The summed E-state index contributed by atoms with van der Waals surface area (Å²) >= 11 is 0. The van der Waals surface area contributed by atoms with Gasteiger partial charge in [0.05, 0.1) is 13.7 Å². The van der Waals surface area contributed by atoms with E-state index in [1.165, 1.54) is 19.2 Å². The van der Waals surface area contributed by atoms with Crippen molar-refractivity contribution in [2.24, 2.45) is 0 Å². The smallest absolute Gasteiger partial charge is 0.132 e. The van der Waals surface area contributed by atoms with Gasteiger partial charge in [0, 0.05) is 11.6 Å². The summed E-state index contributed by atoms with van der Waals surface area (Å²) in [7, 11) is 1.47. The van der Waals surface area contributed by atoms with Crippen LogP contribution in [0.25, 0.3) is 0 Å². The average molecular weight is 156 g/mol. The van der Waals surface area contributed by atoms with E-state index in [1.54, 1.807) is 6.07 Å². The van der Waals surface area contributed by atoms with Crippen LogP contribution in [-0.2, 0) is 6.61 Å². The second-order valence-corrected chi connectivity index (χ2v) is 2.12. The molecule has 0 radical (unpaired) electrons. The Morgan fingerprint density at radius 1 is 1.55 bits per heavy atom. The maximum atomic E-state index is 12.8. The van der Waals surface area contributed by atoms with Crippen molar-refractivity contribution in [1.82, 2.24) is 0 Å². The van der Waals surface area contributed by atoms with E-state index in [-0.39, 0.29) is 12.2 Å². The average Bonchev–Trinajstić information content (AvgIpc) is 2.04. The first kappa shape index (κ1) is 8.01. The van der Waals surface area contributed by atoms with Crippen molar-refractivity contribution in [2.75, 3.05) is 7.11 Å². The number of aliphatic hydroxyl groups is 1. The van der Waals surface area contributed by atoms with Gasteiger partial charge in [0.25, 0.3) is 0 Å². The van der Waals surface area contributed by atoms with Gasteiger partial charge in [-0.05, 0) is 6.07 Å². The summed E-state index contributed by atoms with van der Waals surface area (Å²) in [5.74, 6) is 0.0200. The molecule has 0 aliphatic heterocycles. The van der Waals surface area contributed by atoms with E-state index in [1.807, 2.05) is 0 Å². The highest BCUT2D eigenvalue weighted by Gasteiger charge is 2.00.